The first-order valence-electron chi connectivity index (χ1n) is 9.57. The Bertz CT molecular complexity index is 547. The molecule has 5 nitrogen and oxygen atoms in total. The summed E-state index contributed by atoms with van der Waals surface area (Å²) >= 11 is 0. The van der Waals surface area contributed by atoms with Gasteiger partial charge in [0.25, 0.3) is 0 Å². The number of carbonyl (C=O) groups is 1. The van der Waals surface area contributed by atoms with E-state index in [1.165, 1.54) is 11.3 Å². The van der Waals surface area contributed by atoms with E-state index in [2.05, 4.69) is 41.4 Å². The summed E-state index contributed by atoms with van der Waals surface area (Å²) in [6, 6.07) is 8.72. The molecule has 1 aromatic carbocycles. The molecule has 0 unspecified atom stereocenters. The molecule has 138 valence electrons. The second kappa shape index (κ2) is 8.68. The summed E-state index contributed by atoms with van der Waals surface area (Å²) < 4.78 is 5.45. The van der Waals surface area contributed by atoms with Gasteiger partial charge in [0.2, 0.25) is 5.91 Å². The highest BCUT2D eigenvalue weighted by molar-refractivity contribution is 5.79. The Hall–Kier alpha value is -1.59. The van der Waals surface area contributed by atoms with Crippen molar-refractivity contribution in [3.05, 3.63) is 29.8 Å². The van der Waals surface area contributed by atoms with Crippen LogP contribution in [0.4, 0.5) is 5.69 Å². The standard InChI is InChI=1S/C20H31N3O2/c1-3-22(20(24)17-8-11-21-14-17)15-16-4-6-18(7-5-16)23-12-9-19(25-2)10-13-23/h4-7,17,19,21H,3,8-15H2,1-2H3/t17-/m0/s1. The zero-order chi connectivity index (χ0) is 17.6. The normalized spacial score (nSPS) is 21.5. The summed E-state index contributed by atoms with van der Waals surface area (Å²) in [4.78, 5) is 17.0. The van der Waals surface area contributed by atoms with E-state index in [4.69, 9.17) is 4.74 Å². The van der Waals surface area contributed by atoms with E-state index in [1.807, 2.05) is 4.90 Å². The number of ether oxygens (including phenoxy) is 1. The lowest BCUT2D eigenvalue weighted by molar-refractivity contribution is -0.135. The minimum Gasteiger partial charge on any atom is -0.381 e. The van der Waals surface area contributed by atoms with Gasteiger partial charge in [-0.05, 0) is 50.4 Å². The van der Waals surface area contributed by atoms with Crippen LogP contribution in [0.3, 0.4) is 0 Å². The molecule has 2 heterocycles. The van der Waals surface area contributed by atoms with Crippen molar-refractivity contribution in [1.29, 1.82) is 0 Å². The van der Waals surface area contributed by atoms with Crippen LogP contribution in [-0.4, -0.2) is 56.7 Å². The Morgan fingerprint density at radius 3 is 2.52 bits per heavy atom. The van der Waals surface area contributed by atoms with Crippen molar-refractivity contribution in [2.75, 3.05) is 44.7 Å². The highest BCUT2D eigenvalue weighted by atomic mass is 16.5. The summed E-state index contributed by atoms with van der Waals surface area (Å²) in [6.45, 7) is 7.42. The van der Waals surface area contributed by atoms with Crippen molar-refractivity contribution in [3.8, 4) is 0 Å². The first-order chi connectivity index (χ1) is 12.2. The van der Waals surface area contributed by atoms with Crippen LogP contribution in [0, 0.1) is 5.92 Å². The number of piperidine rings is 1. The van der Waals surface area contributed by atoms with Gasteiger partial charge in [0, 0.05) is 45.5 Å². The summed E-state index contributed by atoms with van der Waals surface area (Å²) in [5, 5.41) is 3.29. The quantitative estimate of drug-likeness (QED) is 0.859. The maximum Gasteiger partial charge on any atom is 0.227 e. The molecule has 5 heteroatoms. The monoisotopic (exact) mass is 345 g/mol. The van der Waals surface area contributed by atoms with Gasteiger partial charge in [-0.25, -0.2) is 0 Å². The van der Waals surface area contributed by atoms with Gasteiger partial charge in [0.1, 0.15) is 0 Å². The van der Waals surface area contributed by atoms with Crippen LogP contribution in [0.1, 0.15) is 31.7 Å². The Balaban J connectivity index is 1.57. The molecule has 1 N–H and O–H groups in total. The van der Waals surface area contributed by atoms with Gasteiger partial charge >= 0.3 is 0 Å². The van der Waals surface area contributed by atoms with E-state index in [1.54, 1.807) is 7.11 Å². The lowest BCUT2D eigenvalue weighted by Crippen LogP contribution is -2.37. The first kappa shape index (κ1) is 18.2. The lowest BCUT2D eigenvalue weighted by atomic mass is 10.1. The minimum absolute atomic E-state index is 0.154. The molecular formula is C20H31N3O2. The number of hydrogen-bond donors (Lipinski definition) is 1. The van der Waals surface area contributed by atoms with Crippen LogP contribution >= 0.6 is 0 Å². The highest BCUT2D eigenvalue weighted by Gasteiger charge is 2.26. The summed E-state index contributed by atoms with van der Waals surface area (Å²) in [5.74, 6) is 0.444. The molecule has 2 saturated heterocycles. The van der Waals surface area contributed by atoms with Gasteiger partial charge in [-0.1, -0.05) is 12.1 Å². The average molecular weight is 345 g/mol. The number of rotatable bonds is 6. The molecule has 1 atom stereocenters. The maximum absolute atomic E-state index is 12.6. The fraction of sp³-hybridized carbons (Fsp3) is 0.650. The van der Waals surface area contributed by atoms with E-state index in [0.29, 0.717) is 18.6 Å². The molecule has 0 bridgehead atoms. The molecule has 1 amide bonds. The Morgan fingerprint density at radius 2 is 1.96 bits per heavy atom. The molecule has 0 saturated carbocycles. The Morgan fingerprint density at radius 1 is 1.24 bits per heavy atom. The first-order valence-corrected chi connectivity index (χ1v) is 9.57. The molecule has 0 radical (unpaired) electrons. The van der Waals surface area contributed by atoms with E-state index in [9.17, 15) is 4.79 Å². The molecule has 25 heavy (non-hydrogen) atoms. The predicted molar refractivity (Wildman–Crippen MR) is 101 cm³/mol. The summed E-state index contributed by atoms with van der Waals surface area (Å²) in [5.41, 5.74) is 2.48. The fourth-order valence-electron chi connectivity index (χ4n) is 3.85. The molecule has 2 fully saturated rings. The third-order valence-electron chi connectivity index (χ3n) is 5.55. The van der Waals surface area contributed by atoms with E-state index in [-0.39, 0.29) is 5.92 Å². The maximum atomic E-state index is 12.6. The predicted octanol–water partition coefficient (Wildman–Crippen LogP) is 2.26. The van der Waals surface area contributed by atoms with Crippen LogP contribution in [0.25, 0.3) is 0 Å². The van der Waals surface area contributed by atoms with Gasteiger partial charge in [-0.3, -0.25) is 4.79 Å². The molecule has 2 aliphatic heterocycles. The second-order valence-corrected chi connectivity index (χ2v) is 7.13. The topological polar surface area (TPSA) is 44.8 Å². The van der Waals surface area contributed by atoms with Crippen LogP contribution in [0.5, 0.6) is 0 Å². The van der Waals surface area contributed by atoms with Gasteiger partial charge in [0.15, 0.2) is 0 Å². The smallest absolute Gasteiger partial charge is 0.227 e. The third-order valence-corrected chi connectivity index (χ3v) is 5.55. The highest BCUT2D eigenvalue weighted by Crippen LogP contribution is 2.22. The molecule has 0 aliphatic carbocycles. The molecule has 3 rings (SSSR count). The number of benzene rings is 1. The largest absolute Gasteiger partial charge is 0.381 e. The van der Waals surface area contributed by atoms with Crippen molar-refractivity contribution in [3.63, 3.8) is 0 Å². The fourth-order valence-corrected chi connectivity index (χ4v) is 3.85. The molecular weight excluding hydrogens is 314 g/mol. The number of hydrogen-bond acceptors (Lipinski definition) is 4. The Labute approximate surface area is 151 Å². The number of nitrogens with one attached hydrogen (secondary N) is 1. The van der Waals surface area contributed by atoms with Crippen LogP contribution in [0.15, 0.2) is 24.3 Å². The lowest BCUT2D eigenvalue weighted by Gasteiger charge is -2.33. The third kappa shape index (κ3) is 4.53. The SMILES string of the molecule is CCN(Cc1ccc(N2CCC(OC)CC2)cc1)C(=O)[C@H]1CCNC1. The number of nitrogens with zero attached hydrogens (tertiary/aromatic N) is 2. The zero-order valence-electron chi connectivity index (χ0n) is 15.5. The summed E-state index contributed by atoms with van der Waals surface area (Å²) in [7, 11) is 1.80. The molecule has 2 aliphatic rings. The minimum atomic E-state index is 0.154. The number of carbonyl (C=O) groups excluding carboxylic acids is 1. The van der Waals surface area contributed by atoms with Crippen LogP contribution in [-0.2, 0) is 16.1 Å². The van der Waals surface area contributed by atoms with E-state index >= 15 is 0 Å². The molecule has 0 aromatic heterocycles. The van der Waals surface area contributed by atoms with Crippen molar-refractivity contribution in [1.82, 2.24) is 10.2 Å². The van der Waals surface area contributed by atoms with Gasteiger partial charge in [-0.2, -0.15) is 0 Å². The van der Waals surface area contributed by atoms with Crippen LogP contribution in [0.2, 0.25) is 0 Å². The van der Waals surface area contributed by atoms with E-state index < -0.39 is 0 Å². The van der Waals surface area contributed by atoms with Crippen molar-refractivity contribution in [2.45, 2.75) is 38.8 Å². The number of anilines is 1. The molecule has 1 aromatic rings. The number of amides is 1. The second-order valence-electron chi connectivity index (χ2n) is 7.13. The number of methoxy groups -OCH3 is 1. The van der Waals surface area contributed by atoms with Crippen molar-refractivity contribution >= 4 is 11.6 Å². The van der Waals surface area contributed by atoms with Crippen molar-refractivity contribution < 1.29 is 9.53 Å². The zero-order valence-corrected chi connectivity index (χ0v) is 15.5. The van der Waals surface area contributed by atoms with Gasteiger partial charge < -0.3 is 19.9 Å². The van der Waals surface area contributed by atoms with Gasteiger partial charge in [0.05, 0.1) is 12.0 Å². The van der Waals surface area contributed by atoms with Gasteiger partial charge in [-0.15, -0.1) is 0 Å². The van der Waals surface area contributed by atoms with E-state index in [0.717, 1.165) is 52.0 Å². The van der Waals surface area contributed by atoms with Crippen LogP contribution < -0.4 is 10.2 Å². The molecule has 0 spiro atoms. The van der Waals surface area contributed by atoms with Crippen molar-refractivity contribution in [2.24, 2.45) is 5.92 Å². The summed E-state index contributed by atoms with van der Waals surface area (Å²) in [6.07, 6.45) is 3.55. The Kier molecular flexibility index (Phi) is 6.32. The average Bonchev–Trinajstić information content (AvgIpc) is 3.21.